The van der Waals surface area contributed by atoms with Gasteiger partial charge < -0.3 is 9.88 Å². The quantitative estimate of drug-likeness (QED) is 0.857. The van der Waals surface area contributed by atoms with Gasteiger partial charge in [0.05, 0.1) is 0 Å². The molecule has 3 atom stereocenters. The van der Waals surface area contributed by atoms with E-state index in [0.717, 1.165) is 41.8 Å². The first kappa shape index (κ1) is 13.6. The first-order valence-corrected chi connectivity index (χ1v) is 8.77. The van der Waals surface area contributed by atoms with Crippen molar-refractivity contribution in [2.45, 2.75) is 38.6 Å². The Bertz CT molecular complexity index is 796. The van der Waals surface area contributed by atoms with Gasteiger partial charge in [-0.15, -0.1) is 0 Å². The van der Waals surface area contributed by atoms with Crippen LogP contribution >= 0.6 is 0 Å². The summed E-state index contributed by atoms with van der Waals surface area (Å²) in [7, 11) is 0. The maximum atomic E-state index is 13.6. The average molecular weight is 312 g/mol. The third kappa shape index (κ3) is 2.03. The van der Waals surface area contributed by atoms with Crippen molar-refractivity contribution in [2.24, 2.45) is 17.8 Å². The highest BCUT2D eigenvalue weighted by molar-refractivity contribution is 5.86. The number of carbonyl (C=O) groups excluding carboxylic acids is 1. The number of aromatic amines is 1. The Morgan fingerprint density at radius 3 is 2.96 bits per heavy atom. The number of carbonyl (C=O) groups is 1. The summed E-state index contributed by atoms with van der Waals surface area (Å²) in [6.07, 6.45) is 5.75. The summed E-state index contributed by atoms with van der Waals surface area (Å²) in [4.78, 5) is 18.4. The first-order chi connectivity index (χ1) is 11.2. The van der Waals surface area contributed by atoms with Gasteiger partial charge in [-0.25, -0.2) is 4.39 Å². The zero-order chi connectivity index (χ0) is 15.6. The maximum absolute atomic E-state index is 13.6. The molecule has 1 aromatic heterocycles. The molecule has 3 nitrogen and oxygen atoms in total. The summed E-state index contributed by atoms with van der Waals surface area (Å²) in [5.74, 6) is 1.78. The van der Waals surface area contributed by atoms with E-state index in [0.29, 0.717) is 18.4 Å². The Morgan fingerprint density at radius 2 is 2.17 bits per heavy atom. The molecule has 1 aliphatic heterocycles. The molecule has 2 saturated carbocycles. The molecular weight excluding hydrogens is 291 g/mol. The fourth-order valence-electron chi connectivity index (χ4n) is 5.16. The molecule has 2 aliphatic carbocycles. The Kier molecular flexibility index (Phi) is 2.85. The van der Waals surface area contributed by atoms with E-state index in [9.17, 15) is 9.18 Å². The van der Waals surface area contributed by atoms with Gasteiger partial charge in [-0.2, -0.15) is 0 Å². The van der Waals surface area contributed by atoms with Gasteiger partial charge >= 0.3 is 0 Å². The molecule has 2 bridgehead atoms. The number of benzene rings is 1. The molecule has 5 rings (SSSR count). The van der Waals surface area contributed by atoms with Crippen molar-refractivity contribution in [1.29, 1.82) is 0 Å². The van der Waals surface area contributed by atoms with E-state index in [1.165, 1.54) is 31.0 Å². The molecule has 0 radical (unpaired) electrons. The van der Waals surface area contributed by atoms with Crippen molar-refractivity contribution >= 4 is 16.8 Å². The third-order valence-corrected chi connectivity index (χ3v) is 6.30. The van der Waals surface area contributed by atoms with Crippen LogP contribution in [0.1, 0.15) is 36.9 Å². The van der Waals surface area contributed by atoms with Crippen molar-refractivity contribution in [2.75, 3.05) is 6.54 Å². The maximum Gasteiger partial charge on any atom is 0.226 e. The molecule has 23 heavy (non-hydrogen) atoms. The zero-order valence-corrected chi connectivity index (χ0v) is 13.1. The lowest BCUT2D eigenvalue weighted by atomic mass is 9.87. The van der Waals surface area contributed by atoms with Crippen molar-refractivity contribution in [3.05, 3.63) is 35.3 Å². The van der Waals surface area contributed by atoms with Gasteiger partial charge in [-0.1, -0.05) is 6.42 Å². The number of nitrogens with zero attached hydrogens (tertiary/aromatic N) is 1. The Balaban J connectivity index is 1.44. The second-order valence-electron chi connectivity index (χ2n) is 7.56. The summed E-state index contributed by atoms with van der Waals surface area (Å²) in [5, 5.41) is 0.936. The van der Waals surface area contributed by atoms with Gasteiger partial charge in [0.25, 0.3) is 0 Å². The van der Waals surface area contributed by atoms with Crippen LogP contribution in [0.5, 0.6) is 0 Å². The molecule has 2 fully saturated rings. The van der Waals surface area contributed by atoms with Gasteiger partial charge in [0.2, 0.25) is 5.91 Å². The van der Waals surface area contributed by atoms with Crippen LogP contribution in [0.4, 0.5) is 4.39 Å². The molecule has 2 aromatic rings. The molecule has 0 spiro atoms. The number of rotatable bonds is 1. The molecule has 1 N–H and O–H groups in total. The molecule has 1 aromatic carbocycles. The van der Waals surface area contributed by atoms with Gasteiger partial charge in [-0.05, 0) is 49.3 Å². The van der Waals surface area contributed by atoms with Crippen molar-refractivity contribution in [3.8, 4) is 0 Å². The first-order valence-electron chi connectivity index (χ1n) is 8.77. The minimum absolute atomic E-state index is 0.212. The highest BCUT2D eigenvalue weighted by Gasteiger charge is 2.44. The van der Waals surface area contributed by atoms with Gasteiger partial charge in [-0.3, -0.25) is 4.79 Å². The van der Waals surface area contributed by atoms with Crippen molar-refractivity contribution in [1.82, 2.24) is 9.88 Å². The second-order valence-corrected chi connectivity index (χ2v) is 7.56. The number of halogens is 1. The minimum Gasteiger partial charge on any atom is -0.358 e. The molecule has 120 valence electrons. The smallest absolute Gasteiger partial charge is 0.226 e. The third-order valence-electron chi connectivity index (χ3n) is 6.30. The van der Waals surface area contributed by atoms with E-state index in [2.05, 4.69) is 4.98 Å². The number of H-pyrrole nitrogens is 1. The minimum atomic E-state index is -0.212. The Hall–Kier alpha value is -1.84. The zero-order valence-electron chi connectivity index (χ0n) is 13.1. The standard InChI is InChI=1S/C19H21FN2O/c20-13-3-4-17-15(9-13)16-10-22(6-5-18(16)21-17)19(23)14-8-11-1-2-12(14)7-11/h3-4,9,11-12,14,21H,1-2,5-8,10H2. The number of nitrogens with one attached hydrogen (secondary N) is 1. The molecule has 0 saturated heterocycles. The number of amides is 1. The Morgan fingerprint density at radius 1 is 1.26 bits per heavy atom. The van der Waals surface area contributed by atoms with E-state index in [1.54, 1.807) is 12.1 Å². The summed E-state index contributed by atoms with van der Waals surface area (Å²) in [5.41, 5.74) is 3.26. The predicted molar refractivity (Wildman–Crippen MR) is 86.3 cm³/mol. The highest BCUT2D eigenvalue weighted by Crippen LogP contribution is 2.49. The van der Waals surface area contributed by atoms with Crippen molar-refractivity contribution in [3.63, 3.8) is 0 Å². The van der Waals surface area contributed by atoms with E-state index in [1.807, 2.05) is 4.90 Å². The summed E-state index contributed by atoms with van der Waals surface area (Å²) in [6.45, 7) is 1.42. The molecule has 3 unspecified atom stereocenters. The fraction of sp³-hybridized carbons (Fsp3) is 0.526. The van der Waals surface area contributed by atoms with Crippen LogP contribution in [0.2, 0.25) is 0 Å². The van der Waals surface area contributed by atoms with Gasteiger partial charge in [0.1, 0.15) is 5.82 Å². The van der Waals surface area contributed by atoms with Crippen molar-refractivity contribution < 1.29 is 9.18 Å². The fourth-order valence-corrected chi connectivity index (χ4v) is 5.16. The lowest BCUT2D eigenvalue weighted by Gasteiger charge is -2.32. The van der Waals surface area contributed by atoms with Gasteiger partial charge in [0, 0.05) is 47.6 Å². The van der Waals surface area contributed by atoms with Crippen LogP contribution in [0.3, 0.4) is 0 Å². The van der Waals surface area contributed by atoms with E-state index >= 15 is 0 Å². The topological polar surface area (TPSA) is 36.1 Å². The SMILES string of the molecule is O=C(C1CC2CCC1C2)N1CCc2[nH]c3ccc(F)cc3c2C1. The van der Waals surface area contributed by atoms with Crippen LogP contribution in [0, 0.1) is 23.6 Å². The molecule has 1 amide bonds. The molecular formula is C19H21FN2O. The lowest BCUT2D eigenvalue weighted by molar-refractivity contribution is -0.138. The van der Waals surface area contributed by atoms with E-state index in [4.69, 9.17) is 0 Å². The van der Waals surface area contributed by atoms with Crippen LogP contribution in [-0.4, -0.2) is 22.3 Å². The number of hydrogen-bond acceptors (Lipinski definition) is 1. The molecule has 2 heterocycles. The number of aromatic nitrogens is 1. The molecule has 3 aliphatic rings. The number of hydrogen-bond donors (Lipinski definition) is 1. The summed E-state index contributed by atoms with van der Waals surface area (Å²) < 4.78 is 13.6. The normalized spacial score (nSPS) is 29.3. The van der Waals surface area contributed by atoms with Crippen LogP contribution < -0.4 is 0 Å². The largest absolute Gasteiger partial charge is 0.358 e. The van der Waals surface area contributed by atoms with Crippen LogP contribution in [0.25, 0.3) is 10.9 Å². The van der Waals surface area contributed by atoms with Gasteiger partial charge in [0.15, 0.2) is 0 Å². The lowest BCUT2D eigenvalue weighted by Crippen LogP contribution is -2.41. The van der Waals surface area contributed by atoms with E-state index in [-0.39, 0.29) is 11.7 Å². The molecule has 4 heteroatoms. The highest BCUT2D eigenvalue weighted by atomic mass is 19.1. The van der Waals surface area contributed by atoms with Crippen LogP contribution in [0.15, 0.2) is 18.2 Å². The monoisotopic (exact) mass is 312 g/mol. The number of fused-ring (bicyclic) bond motifs is 5. The van der Waals surface area contributed by atoms with Crippen LogP contribution in [-0.2, 0) is 17.8 Å². The average Bonchev–Trinajstić information content (AvgIpc) is 3.27. The summed E-state index contributed by atoms with van der Waals surface area (Å²) >= 11 is 0. The second kappa shape index (κ2) is 4.83. The Labute approximate surface area is 134 Å². The summed E-state index contributed by atoms with van der Waals surface area (Å²) in [6, 6.07) is 4.88. The van der Waals surface area contributed by atoms with E-state index < -0.39 is 0 Å². The predicted octanol–water partition coefficient (Wildman–Crippen LogP) is 3.63.